The Bertz CT molecular complexity index is 715. The normalized spacial score (nSPS) is 19.9. The highest BCUT2D eigenvalue weighted by Crippen LogP contribution is 2.14. The van der Waals surface area contributed by atoms with E-state index in [2.05, 4.69) is 7.96 Å². The molecule has 0 saturated carbocycles. The van der Waals surface area contributed by atoms with Crippen molar-refractivity contribution in [1.82, 2.24) is 9.80 Å². The molecule has 0 radical (unpaired) electrons. The second kappa shape index (κ2) is 14.5. The van der Waals surface area contributed by atoms with Crippen LogP contribution in [0.4, 0.5) is 0 Å². The molecule has 164 valence electrons. The highest BCUT2D eigenvalue weighted by atomic mass is 35.5. The molecular weight excluding hydrogens is 463 g/mol. The molecule has 4 rings (SSSR count). The molecule has 0 aromatic carbocycles. The van der Waals surface area contributed by atoms with E-state index in [1.807, 2.05) is 69.5 Å². The summed E-state index contributed by atoms with van der Waals surface area (Å²) in [5, 5.41) is 4.03. The van der Waals surface area contributed by atoms with Crippen molar-refractivity contribution in [2.75, 3.05) is 26.4 Å². The maximum Gasteiger partial charge on any atom is 0.234 e. The number of rotatable bonds is 4. The molecule has 4 aliphatic heterocycles. The molecule has 0 aromatic rings. The van der Waals surface area contributed by atoms with E-state index in [0.29, 0.717) is 26.2 Å². The Balaban J connectivity index is 0.000000281. The molecule has 2 saturated heterocycles. The van der Waals surface area contributed by atoms with Crippen molar-refractivity contribution in [2.24, 2.45) is 0 Å². The van der Waals surface area contributed by atoms with Crippen molar-refractivity contribution in [2.45, 2.75) is 25.7 Å². The molecule has 4 heterocycles. The molecule has 2 amide bonds. The van der Waals surface area contributed by atoms with Crippen LogP contribution in [0.15, 0.2) is 47.3 Å². The average Bonchev–Trinajstić information content (AvgIpc) is 3.07. The van der Waals surface area contributed by atoms with Gasteiger partial charge in [0.1, 0.15) is 0 Å². The minimum Gasteiger partial charge on any atom is -1.00 e. The van der Waals surface area contributed by atoms with Gasteiger partial charge < -0.3 is 24.8 Å². The number of hydrogen-bond donors (Lipinski definition) is 0. The Morgan fingerprint density at radius 2 is 1.13 bits per heavy atom. The summed E-state index contributed by atoms with van der Waals surface area (Å²) in [7, 11) is 0. The lowest BCUT2D eigenvalue weighted by molar-refractivity contribution is -0.368. The van der Waals surface area contributed by atoms with Crippen LogP contribution in [0.5, 0.6) is 0 Å². The van der Waals surface area contributed by atoms with Gasteiger partial charge in [-0.3, -0.25) is 19.4 Å². The topological polar surface area (TPSA) is 46.6 Å². The average molecular weight is 489 g/mol. The molecule has 0 N–H and O–H groups in total. The van der Waals surface area contributed by atoms with Crippen LogP contribution in [0, 0.1) is 0 Å². The van der Waals surface area contributed by atoms with Crippen LogP contribution < -0.4 is 24.8 Å². The summed E-state index contributed by atoms with van der Waals surface area (Å²) in [5.74, 6) is 0.549. The molecule has 10 heteroatoms. The zero-order valence-corrected chi connectivity index (χ0v) is 19.8. The maximum absolute atomic E-state index is 11.4. The van der Waals surface area contributed by atoms with Crippen molar-refractivity contribution in [3.8, 4) is 0 Å². The zero-order chi connectivity index (χ0) is 19.6. The van der Waals surface area contributed by atoms with Gasteiger partial charge in [0.2, 0.25) is 25.2 Å². The summed E-state index contributed by atoms with van der Waals surface area (Å²) in [5.41, 5.74) is 0. The molecule has 0 aromatic heterocycles. The van der Waals surface area contributed by atoms with Crippen LogP contribution >= 0.6 is 23.9 Å². The van der Waals surface area contributed by atoms with Crippen molar-refractivity contribution >= 4 is 48.1 Å². The summed E-state index contributed by atoms with van der Waals surface area (Å²) < 4.78 is 4.12. The Hall–Kier alpha value is -1.48. The van der Waals surface area contributed by atoms with E-state index in [1.54, 1.807) is 23.9 Å². The smallest absolute Gasteiger partial charge is 0.234 e. The van der Waals surface area contributed by atoms with E-state index in [9.17, 15) is 9.59 Å². The van der Waals surface area contributed by atoms with Gasteiger partial charge in [0.05, 0.1) is 0 Å². The first kappa shape index (κ1) is 26.6. The molecule has 0 atom stereocenters. The number of carbonyl (C=O) groups is 2. The molecule has 0 aliphatic carbocycles. The summed E-state index contributed by atoms with van der Waals surface area (Å²) >= 11 is 3.23. The lowest BCUT2D eigenvalue weighted by Crippen LogP contribution is -3.00. The molecule has 0 spiro atoms. The standard InChI is InChI=1S/2C10H13N2OS.2ClH/c2*13-10-5-4-6-11(10)9-12-7-2-1-3-8-14-12;;/h2*1-3,7-8H,4-6,9H2;2*1H/q2*+1;;/p-2. The highest BCUT2D eigenvalue weighted by Gasteiger charge is 2.25. The van der Waals surface area contributed by atoms with Gasteiger partial charge in [-0.15, -0.1) is 7.96 Å². The summed E-state index contributed by atoms with van der Waals surface area (Å²) in [6, 6.07) is 0. The Kier molecular flexibility index (Phi) is 12.8. The molecule has 6 nitrogen and oxygen atoms in total. The molecule has 4 aliphatic rings. The Morgan fingerprint density at radius 1 is 0.700 bits per heavy atom. The lowest BCUT2D eigenvalue weighted by Gasteiger charge is -2.10. The van der Waals surface area contributed by atoms with E-state index in [-0.39, 0.29) is 36.6 Å². The SMILES string of the molecule is O=C1CCCN1C[N+]1=CC=CC=CS1.O=C1CCCN1C[N+]1=CC=CC=CS1.[Cl-].[Cl-]. The molecule has 30 heavy (non-hydrogen) atoms. The molecule has 0 bridgehead atoms. The summed E-state index contributed by atoms with van der Waals surface area (Å²) in [6.45, 7) is 3.19. The van der Waals surface area contributed by atoms with Gasteiger partial charge in [-0.05, 0) is 25.0 Å². The number of halogens is 2. The zero-order valence-electron chi connectivity index (χ0n) is 16.6. The van der Waals surface area contributed by atoms with Crippen molar-refractivity contribution < 1.29 is 42.4 Å². The third kappa shape index (κ3) is 8.71. The number of amides is 2. The number of nitrogens with zero attached hydrogens (tertiary/aromatic N) is 4. The van der Waals surface area contributed by atoms with Crippen LogP contribution in [-0.4, -0.2) is 68.4 Å². The van der Waals surface area contributed by atoms with Crippen LogP contribution in [-0.2, 0) is 9.59 Å². The van der Waals surface area contributed by atoms with Crippen LogP contribution in [0.2, 0.25) is 0 Å². The van der Waals surface area contributed by atoms with E-state index in [4.69, 9.17) is 0 Å². The van der Waals surface area contributed by atoms with Crippen molar-refractivity contribution in [3.63, 3.8) is 0 Å². The highest BCUT2D eigenvalue weighted by molar-refractivity contribution is 7.96. The van der Waals surface area contributed by atoms with Crippen LogP contribution in [0.1, 0.15) is 25.7 Å². The number of allylic oxidation sites excluding steroid dienone is 6. The van der Waals surface area contributed by atoms with Crippen molar-refractivity contribution in [3.05, 3.63) is 47.3 Å². The van der Waals surface area contributed by atoms with E-state index < -0.39 is 0 Å². The maximum atomic E-state index is 11.4. The monoisotopic (exact) mass is 488 g/mol. The number of likely N-dealkylation sites (tertiary alicyclic amines) is 2. The lowest BCUT2D eigenvalue weighted by atomic mass is 10.4. The van der Waals surface area contributed by atoms with Gasteiger partial charge in [0, 0.05) is 48.9 Å². The number of carbonyl (C=O) groups excluding carboxylic acids is 2. The largest absolute Gasteiger partial charge is 1.00 e. The second-order valence-corrected chi connectivity index (χ2v) is 8.48. The van der Waals surface area contributed by atoms with Crippen LogP contribution in [0.3, 0.4) is 0 Å². The van der Waals surface area contributed by atoms with Gasteiger partial charge in [-0.1, -0.05) is 12.2 Å². The fraction of sp³-hybridized carbons (Fsp3) is 0.400. The Labute approximate surface area is 199 Å². The predicted molar refractivity (Wildman–Crippen MR) is 116 cm³/mol. The van der Waals surface area contributed by atoms with Crippen molar-refractivity contribution in [1.29, 1.82) is 0 Å². The van der Waals surface area contributed by atoms with E-state index >= 15 is 0 Å². The fourth-order valence-corrected chi connectivity index (χ4v) is 4.34. The minimum atomic E-state index is 0. The van der Waals surface area contributed by atoms with Gasteiger partial charge >= 0.3 is 0 Å². The van der Waals surface area contributed by atoms with E-state index in [1.165, 1.54) is 0 Å². The minimum absolute atomic E-state index is 0. The van der Waals surface area contributed by atoms with Crippen LogP contribution in [0.25, 0.3) is 0 Å². The summed E-state index contributed by atoms with van der Waals surface area (Å²) in [6.07, 6.45) is 19.3. The van der Waals surface area contributed by atoms with Gasteiger partial charge in [-0.25, -0.2) is 0 Å². The first-order valence-corrected chi connectivity index (χ1v) is 11.2. The third-order valence-corrected chi connectivity index (χ3v) is 6.04. The predicted octanol–water partition coefficient (Wildman–Crippen LogP) is -3.23. The second-order valence-electron chi connectivity index (χ2n) is 6.57. The number of hydrogen-bond acceptors (Lipinski definition) is 4. The fourth-order valence-electron chi connectivity index (χ4n) is 3.01. The quantitative estimate of drug-likeness (QED) is 0.308. The Morgan fingerprint density at radius 3 is 1.50 bits per heavy atom. The first-order valence-electron chi connectivity index (χ1n) is 9.48. The van der Waals surface area contributed by atoms with Gasteiger partial charge in [-0.2, -0.15) is 0 Å². The van der Waals surface area contributed by atoms with E-state index in [0.717, 1.165) is 25.9 Å². The molecular formula is C20H26Cl2N4O2S2. The van der Waals surface area contributed by atoms with Gasteiger partial charge in [0.25, 0.3) is 0 Å². The first-order chi connectivity index (χ1) is 13.7. The van der Waals surface area contributed by atoms with Gasteiger partial charge in [0.15, 0.2) is 36.3 Å². The molecule has 2 fully saturated rings. The third-order valence-electron chi connectivity index (χ3n) is 4.46. The summed E-state index contributed by atoms with van der Waals surface area (Å²) in [4.78, 5) is 26.5. The molecule has 0 unspecified atom stereocenters.